The molecule has 1 N–H and O–H groups in total. The van der Waals surface area contributed by atoms with Crippen LogP contribution in [-0.4, -0.2) is 32.8 Å². The lowest BCUT2D eigenvalue weighted by atomic mass is 10.1. The normalized spacial score (nSPS) is 10.7. The molecule has 0 amide bonds. The molecule has 0 heterocycles. The summed E-state index contributed by atoms with van der Waals surface area (Å²) in [5, 5.41) is 3.22. The number of benzene rings is 1. The molecule has 0 spiro atoms. The molecule has 0 aliphatic heterocycles. The number of halogens is 1. The molecule has 0 radical (unpaired) electrons. The monoisotopic (exact) mass is 268 g/mol. The quantitative estimate of drug-likeness (QED) is 0.697. The largest absolute Gasteiger partial charge is 0.380 e. The molecule has 0 atom stereocenters. The van der Waals surface area contributed by atoms with Gasteiger partial charge in [0.05, 0.1) is 6.61 Å². The van der Waals surface area contributed by atoms with Gasteiger partial charge < -0.3 is 15.0 Å². The number of hydrogen-bond donors (Lipinski definition) is 1. The number of nitrogens with one attached hydrogen (secondary N) is 1. The molecule has 108 valence electrons. The fourth-order valence-corrected chi connectivity index (χ4v) is 1.98. The summed E-state index contributed by atoms with van der Waals surface area (Å²) in [6, 6.07) is 5.22. The van der Waals surface area contributed by atoms with E-state index < -0.39 is 0 Å². The van der Waals surface area contributed by atoms with Crippen molar-refractivity contribution >= 4 is 5.69 Å². The van der Waals surface area contributed by atoms with Crippen LogP contribution in [0.2, 0.25) is 0 Å². The summed E-state index contributed by atoms with van der Waals surface area (Å²) in [5.74, 6) is -0.180. The average molecular weight is 268 g/mol. The van der Waals surface area contributed by atoms with E-state index in [-0.39, 0.29) is 5.82 Å². The van der Waals surface area contributed by atoms with Gasteiger partial charge in [0.2, 0.25) is 0 Å². The van der Waals surface area contributed by atoms with E-state index in [4.69, 9.17) is 4.74 Å². The molecule has 4 heteroatoms. The van der Waals surface area contributed by atoms with Gasteiger partial charge in [-0.1, -0.05) is 6.92 Å². The third-order valence-corrected chi connectivity index (χ3v) is 2.98. The molecule has 0 saturated heterocycles. The Labute approximate surface area is 115 Å². The molecule has 0 fully saturated rings. The maximum Gasteiger partial charge on any atom is 0.125 e. The van der Waals surface area contributed by atoms with Crippen molar-refractivity contribution in [1.29, 1.82) is 0 Å². The summed E-state index contributed by atoms with van der Waals surface area (Å²) in [7, 11) is 0. The molecular weight excluding hydrogens is 243 g/mol. The molecule has 0 bridgehead atoms. The van der Waals surface area contributed by atoms with E-state index >= 15 is 0 Å². The van der Waals surface area contributed by atoms with Gasteiger partial charge in [-0.2, -0.15) is 0 Å². The third kappa shape index (κ3) is 5.57. The van der Waals surface area contributed by atoms with Crippen molar-refractivity contribution in [2.24, 2.45) is 0 Å². The Morgan fingerprint density at radius 1 is 1.21 bits per heavy atom. The highest BCUT2D eigenvalue weighted by Gasteiger charge is 2.07. The van der Waals surface area contributed by atoms with Gasteiger partial charge in [0.25, 0.3) is 0 Å². The molecule has 0 aliphatic rings. The second kappa shape index (κ2) is 8.88. The van der Waals surface area contributed by atoms with Crippen molar-refractivity contribution in [3.05, 3.63) is 29.6 Å². The molecule has 19 heavy (non-hydrogen) atoms. The lowest BCUT2D eigenvalue weighted by Gasteiger charge is -2.23. The molecule has 0 saturated carbocycles. The van der Waals surface area contributed by atoms with Crippen LogP contribution < -0.4 is 10.2 Å². The zero-order valence-corrected chi connectivity index (χ0v) is 12.2. The highest BCUT2D eigenvalue weighted by Crippen LogP contribution is 2.18. The third-order valence-electron chi connectivity index (χ3n) is 2.98. The minimum Gasteiger partial charge on any atom is -0.380 e. The second-order valence-electron chi connectivity index (χ2n) is 4.37. The van der Waals surface area contributed by atoms with Gasteiger partial charge in [0.1, 0.15) is 5.82 Å². The van der Waals surface area contributed by atoms with E-state index in [0.717, 1.165) is 30.9 Å². The predicted molar refractivity (Wildman–Crippen MR) is 78.2 cm³/mol. The van der Waals surface area contributed by atoms with E-state index in [2.05, 4.69) is 17.1 Å². The molecule has 0 aromatic heterocycles. The summed E-state index contributed by atoms with van der Waals surface area (Å²) in [6.45, 7) is 10.7. The number of anilines is 1. The van der Waals surface area contributed by atoms with Crippen LogP contribution in [0.3, 0.4) is 0 Å². The highest BCUT2D eigenvalue weighted by molar-refractivity contribution is 5.49. The van der Waals surface area contributed by atoms with E-state index in [0.29, 0.717) is 19.8 Å². The number of hydrogen-bond acceptors (Lipinski definition) is 3. The predicted octanol–water partition coefficient (Wildman–Crippen LogP) is 2.80. The van der Waals surface area contributed by atoms with Crippen LogP contribution in [0.5, 0.6) is 0 Å². The SMILES string of the molecule is CCNCc1cc(F)cc(N(CC)CCOCC)c1. The summed E-state index contributed by atoms with van der Waals surface area (Å²) in [4.78, 5) is 2.13. The zero-order chi connectivity index (χ0) is 14.1. The molecule has 1 rings (SSSR count). The van der Waals surface area contributed by atoms with Gasteiger partial charge in [0, 0.05) is 31.9 Å². The van der Waals surface area contributed by atoms with Crippen molar-refractivity contribution in [3.63, 3.8) is 0 Å². The minimum absolute atomic E-state index is 0.180. The molecule has 0 aliphatic carbocycles. The average Bonchev–Trinajstić information content (AvgIpc) is 2.41. The molecular formula is C15H25FN2O. The summed E-state index contributed by atoms with van der Waals surface area (Å²) < 4.78 is 19.0. The van der Waals surface area contributed by atoms with Crippen LogP contribution >= 0.6 is 0 Å². The fraction of sp³-hybridized carbons (Fsp3) is 0.600. The van der Waals surface area contributed by atoms with Gasteiger partial charge in [-0.15, -0.1) is 0 Å². The highest BCUT2D eigenvalue weighted by atomic mass is 19.1. The Kier molecular flexibility index (Phi) is 7.45. The van der Waals surface area contributed by atoms with Crippen LogP contribution in [0, 0.1) is 5.82 Å². The van der Waals surface area contributed by atoms with E-state index in [1.54, 1.807) is 12.1 Å². The Hall–Kier alpha value is -1.13. The van der Waals surface area contributed by atoms with Gasteiger partial charge in [-0.05, 0) is 44.2 Å². The Morgan fingerprint density at radius 2 is 2.00 bits per heavy atom. The van der Waals surface area contributed by atoms with E-state index in [1.165, 1.54) is 0 Å². The lowest BCUT2D eigenvalue weighted by molar-refractivity contribution is 0.154. The fourth-order valence-electron chi connectivity index (χ4n) is 1.98. The smallest absolute Gasteiger partial charge is 0.125 e. The standard InChI is InChI=1S/C15H25FN2O/c1-4-17-12-13-9-14(16)11-15(10-13)18(5-2)7-8-19-6-3/h9-11,17H,4-8,12H2,1-3H3. The van der Waals surface area contributed by atoms with Crippen molar-refractivity contribution in [2.45, 2.75) is 27.3 Å². The van der Waals surface area contributed by atoms with Crippen LogP contribution in [-0.2, 0) is 11.3 Å². The number of ether oxygens (including phenoxy) is 1. The molecule has 0 unspecified atom stereocenters. The van der Waals surface area contributed by atoms with Gasteiger partial charge >= 0.3 is 0 Å². The number of likely N-dealkylation sites (N-methyl/N-ethyl adjacent to an activating group) is 1. The van der Waals surface area contributed by atoms with E-state index in [1.807, 2.05) is 19.9 Å². The zero-order valence-electron chi connectivity index (χ0n) is 12.2. The number of rotatable bonds is 9. The molecule has 1 aromatic carbocycles. The summed E-state index contributed by atoms with van der Waals surface area (Å²) in [6.07, 6.45) is 0. The van der Waals surface area contributed by atoms with Crippen LogP contribution in [0.4, 0.5) is 10.1 Å². The Morgan fingerprint density at radius 3 is 2.63 bits per heavy atom. The van der Waals surface area contributed by atoms with Crippen molar-refractivity contribution in [3.8, 4) is 0 Å². The lowest BCUT2D eigenvalue weighted by Crippen LogP contribution is -2.27. The van der Waals surface area contributed by atoms with Crippen molar-refractivity contribution in [2.75, 3.05) is 37.7 Å². The van der Waals surface area contributed by atoms with Crippen LogP contribution in [0.15, 0.2) is 18.2 Å². The van der Waals surface area contributed by atoms with Crippen LogP contribution in [0.1, 0.15) is 26.3 Å². The number of nitrogens with zero attached hydrogens (tertiary/aromatic N) is 1. The first-order valence-electron chi connectivity index (χ1n) is 7.04. The van der Waals surface area contributed by atoms with Gasteiger partial charge in [-0.25, -0.2) is 4.39 Å². The molecule has 3 nitrogen and oxygen atoms in total. The first-order chi connectivity index (χ1) is 9.21. The van der Waals surface area contributed by atoms with Crippen molar-refractivity contribution < 1.29 is 9.13 Å². The Balaban J connectivity index is 2.75. The topological polar surface area (TPSA) is 24.5 Å². The summed E-state index contributed by atoms with van der Waals surface area (Å²) >= 11 is 0. The van der Waals surface area contributed by atoms with Gasteiger partial charge in [0.15, 0.2) is 0 Å². The second-order valence-corrected chi connectivity index (χ2v) is 4.37. The Bertz CT molecular complexity index is 371. The first-order valence-corrected chi connectivity index (χ1v) is 7.04. The minimum atomic E-state index is -0.180. The van der Waals surface area contributed by atoms with E-state index in [9.17, 15) is 4.39 Å². The summed E-state index contributed by atoms with van der Waals surface area (Å²) in [5.41, 5.74) is 1.90. The first kappa shape index (κ1) is 15.9. The molecule has 1 aromatic rings. The van der Waals surface area contributed by atoms with Crippen LogP contribution in [0.25, 0.3) is 0 Å². The maximum absolute atomic E-state index is 13.7. The van der Waals surface area contributed by atoms with Crippen molar-refractivity contribution in [1.82, 2.24) is 5.32 Å². The van der Waals surface area contributed by atoms with Gasteiger partial charge in [-0.3, -0.25) is 0 Å². The maximum atomic E-state index is 13.7.